The van der Waals surface area contributed by atoms with Crippen molar-refractivity contribution in [1.82, 2.24) is 0 Å². The predicted molar refractivity (Wildman–Crippen MR) is 32.1 cm³/mol. The van der Waals surface area contributed by atoms with E-state index in [4.69, 9.17) is 0 Å². The van der Waals surface area contributed by atoms with Crippen LogP contribution in [0.15, 0.2) is 0 Å². The van der Waals surface area contributed by atoms with Crippen molar-refractivity contribution in [3.63, 3.8) is 0 Å². The van der Waals surface area contributed by atoms with Gasteiger partial charge in [-0.05, 0) is 0 Å². The third-order valence-electron chi connectivity index (χ3n) is 0.653. The van der Waals surface area contributed by atoms with E-state index in [-0.39, 0.29) is 0 Å². The lowest BCUT2D eigenvalue weighted by Crippen LogP contribution is -1.99. The minimum absolute atomic E-state index is 0.590. The molecule has 0 aliphatic carbocycles. The molecule has 0 fully saturated rings. The van der Waals surface area contributed by atoms with Crippen molar-refractivity contribution in [2.45, 2.75) is 0 Å². The van der Waals surface area contributed by atoms with Crippen LogP contribution in [0, 0.1) is 0 Å². The Labute approximate surface area is 62.7 Å². The van der Waals surface area contributed by atoms with Gasteiger partial charge < -0.3 is 0 Å². The van der Waals surface area contributed by atoms with Gasteiger partial charge in [0.2, 0.25) is 0 Å². The minimum Gasteiger partial charge on any atom is -0.283 e. The van der Waals surface area contributed by atoms with Crippen molar-refractivity contribution in [2.75, 3.05) is 26.6 Å². The molecule has 0 saturated carbocycles. The van der Waals surface area contributed by atoms with Gasteiger partial charge in [0.15, 0.2) is 0 Å². The van der Waals surface area contributed by atoms with Crippen LogP contribution in [0.2, 0.25) is 0 Å². The Morgan fingerprint density at radius 2 is 1.45 bits per heavy atom. The van der Waals surface area contributed by atoms with Gasteiger partial charge in [0.25, 0.3) is 0 Å². The van der Waals surface area contributed by atoms with Crippen molar-refractivity contribution in [2.24, 2.45) is 0 Å². The van der Waals surface area contributed by atoms with Crippen LogP contribution in [0.3, 0.4) is 0 Å². The van der Waals surface area contributed by atoms with Gasteiger partial charge in [0.05, 0.1) is 13.2 Å². The summed E-state index contributed by atoms with van der Waals surface area (Å²) in [6.45, 7) is -3.03. The molecule has 0 atom stereocenters. The molecule has 1 radical (unpaired) electrons. The number of hydrogen-bond acceptors (Lipinski definition) is 3. The van der Waals surface area contributed by atoms with Gasteiger partial charge in [-0.1, -0.05) is 0 Å². The zero-order valence-electron chi connectivity index (χ0n) is 5.66. The first-order valence-corrected chi connectivity index (χ1v) is 4.30. The standard InChI is InChI=1S/C4H8F2O4P/c5-1-3-9-11(7,8)10-4-2-6/h1-4H2. The fourth-order valence-electron chi connectivity index (χ4n) is 0.330. The predicted octanol–water partition coefficient (Wildman–Crippen LogP) is 1.50. The third kappa shape index (κ3) is 6.37. The van der Waals surface area contributed by atoms with Crippen molar-refractivity contribution in [3.8, 4) is 0 Å². The van der Waals surface area contributed by atoms with Crippen molar-refractivity contribution in [1.29, 1.82) is 0 Å². The lowest BCUT2D eigenvalue weighted by atomic mass is 10.9. The van der Waals surface area contributed by atoms with Crippen LogP contribution >= 0.6 is 7.82 Å². The molecule has 0 rings (SSSR count). The van der Waals surface area contributed by atoms with E-state index in [0.717, 1.165) is 0 Å². The summed E-state index contributed by atoms with van der Waals surface area (Å²) < 4.78 is 40.9. The zero-order valence-corrected chi connectivity index (χ0v) is 6.56. The minimum atomic E-state index is -4.46. The molecule has 67 valence electrons. The van der Waals surface area contributed by atoms with E-state index in [9.17, 15) is 18.2 Å². The first kappa shape index (κ1) is 11.0. The zero-order chi connectivity index (χ0) is 8.74. The average Bonchev–Trinajstić information content (AvgIpc) is 1.97. The molecule has 0 aromatic carbocycles. The lowest BCUT2D eigenvalue weighted by Gasteiger charge is -2.06. The normalized spacial score (nSPS) is 11.9. The number of hydrogen-bond donors (Lipinski definition) is 0. The van der Waals surface area contributed by atoms with Gasteiger partial charge in [-0.15, -0.1) is 4.89 Å². The van der Waals surface area contributed by atoms with Gasteiger partial charge in [-0.2, -0.15) is 0 Å². The lowest BCUT2D eigenvalue weighted by molar-refractivity contribution is 0.115. The van der Waals surface area contributed by atoms with E-state index in [1.807, 2.05) is 0 Å². The molecular weight excluding hydrogens is 181 g/mol. The maximum atomic E-state index is 11.3. The number of alkyl halides is 2. The maximum Gasteiger partial charge on any atom is 0.502 e. The summed E-state index contributed by atoms with van der Waals surface area (Å²) >= 11 is 0. The van der Waals surface area contributed by atoms with E-state index < -0.39 is 34.4 Å². The fraction of sp³-hybridized carbons (Fsp3) is 1.00. The largest absolute Gasteiger partial charge is 0.502 e. The molecule has 0 unspecified atom stereocenters. The molecule has 0 amide bonds. The van der Waals surface area contributed by atoms with Gasteiger partial charge in [0, 0.05) is 0 Å². The van der Waals surface area contributed by atoms with E-state index in [0.29, 0.717) is 0 Å². The molecule has 4 nitrogen and oxygen atoms in total. The first-order chi connectivity index (χ1) is 5.12. The van der Waals surface area contributed by atoms with Crippen molar-refractivity contribution >= 4 is 7.82 Å². The van der Waals surface area contributed by atoms with Crippen molar-refractivity contribution in [3.05, 3.63) is 0 Å². The Bertz CT molecular complexity index is 130. The Morgan fingerprint density at radius 3 is 1.73 bits per heavy atom. The van der Waals surface area contributed by atoms with E-state index >= 15 is 0 Å². The number of rotatable bonds is 6. The van der Waals surface area contributed by atoms with Gasteiger partial charge >= 0.3 is 7.82 Å². The molecular formula is C4H8F2O4P. The molecule has 7 heteroatoms. The first-order valence-electron chi connectivity index (χ1n) is 2.84. The smallest absolute Gasteiger partial charge is 0.283 e. The SMILES string of the molecule is [O]P(=O)(OCCF)OCCF. The fourth-order valence-corrected chi connectivity index (χ4v) is 0.990. The molecule has 0 saturated heterocycles. The molecule has 0 aliphatic rings. The summed E-state index contributed by atoms with van der Waals surface area (Å²) in [6.07, 6.45) is 0. The van der Waals surface area contributed by atoms with Gasteiger partial charge in [-0.3, -0.25) is 9.05 Å². The number of halogens is 2. The summed E-state index contributed by atoms with van der Waals surface area (Å²) in [5, 5.41) is 0. The van der Waals surface area contributed by atoms with E-state index in [1.54, 1.807) is 0 Å². The highest BCUT2D eigenvalue weighted by Crippen LogP contribution is 2.43. The molecule has 11 heavy (non-hydrogen) atoms. The monoisotopic (exact) mass is 189 g/mol. The van der Waals surface area contributed by atoms with Crippen LogP contribution in [-0.2, 0) is 18.5 Å². The Kier molecular flexibility index (Phi) is 5.58. The van der Waals surface area contributed by atoms with E-state index in [2.05, 4.69) is 9.05 Å². The van der Waals surface area contributed by atoms with Gasteiger partial charge in [-0.25, -0.2) is 13.3 Å². The summed E-state index contributed by atoms with van der Waals surface area (Å²) in [4.78, 5) is 10.4. The van der Waals surface area contributed by atoms with Crippen LogP contribution in [0.5, 0.6) is 0 Å². The third-order valence-corrected chi connectivity index (χ3v) is 1.65. The van der Waals surface area contributed by atoms with Crippen LogP contribution in [0.1, 0.15) is 0 Å². The second-order valence-corrected chi connectivity index (χ2v) is 2.90. The van der Waals surface area contributed by atoms with Crippen LogP contribution in [-0.4, -0.2) is 26.6 Å². The van der Waals surface area contributed by atoms with Crippen LogP contribution < -0.4 is 0 Å². The molecule has 0 spiro atoms. The topological polar surface area (TPSA) is 55.4 Å². The summed E-state index contributed by atoms with van der Waals surface area (Å²) in [5.41, 5.74) is 0. The van der Waals surface area contributed by atoms with Crippen LogP contribution in [0.4, 0.5) is 8.78 Å². The Morgan fingerprint density at radius 1 is 1.09 bits per heavy atom. The molecule has 0 aromatic rings. The molecule has 0 N–H and O–H groups in total. The highest BCUT2D eigenvalue weighted by atomic mass is 31.2. The highest BCUT2D eigenvalue weighted by Gasteiger charge is 2.22. The van der Waals surface area contributed by atoms with E-state index in [1.165, 1.54) is 0 Å². The Hall–Kier alpha value is -0.0300. The molecule has 0 heterocycles. The van der Waals surface area contributed by atoms with Crippen LogP contribution in [0.25, 0.3) is 0 Å². The van der Waals surface area contributed by atoms with Crippen molar-refractivity contribution < 1.29 is 27.3 Å². The second kappa shape index (κ2) is 5.60. The molecule has 0 aromatic heterocycles. The highest BCUT2D eigenvalue weighted by molar-refractivity contribution is 7.47. The summed E-state index contributed by atoms with van der Waals surface area (Å²) in [6, 6.07) is 0. The second-order valence-electron chi connectivity index (χ2n) is 1.49. The Balaban J connectivity index is 3.53. The summed E-state index contributed by atoms with van der Waals surface area (Å²) in [7, 11) is -4.46. The quantitative estimate of drug-likeness (QED) is 0.595. The maximum absolute atomic E-state index is 11.3. The molecule has 0 bridgehead atoms. The molecule has 0 aliphatic heterocycles. The average molecular weight is 189 g/mol. The summed E-state index contributed by atoms with van der Waals surface area (Å²) in [5.74, 6) is 0. The van der Waals surface area contributed by atoms with Gasteiger partial charge in [0.1, 0.15) is 13.3 Å².